The molecule has 1 aliphatic heterocycles. The predicted molar refractivity (Wildman–Crippen MR) is 54.5 cm³/mol. The third-order valence-electron chi connectivity index (χ3n) is 2.66. The number of anilines is 1. The second-order valence-electron chi connectivity index (χ2n) is 3.81. The number of aryl methyl sites for hydroxylation is 1. The van der Waals surface area contributed by atoms with Crippen molar-refractivity contribution in [2.24, 2.45) is 0 Å². The number of carboxylic acid groups (broad SMARTS) is 1. The number of fused-ring (bicyclic) bond motifs is 1. The SMILES string of the molecule is O=C(O)CN1CCCc2cc(F)c(F)cc21. The topological polar surface area (TPSA) is 40.5 Å². The molecule has 3 nitrogen and oxygen atoms in total. The van der Waals surface area contributed by atoms with Crippen molar-refractivity contribution in [3.8, 4) is 0 Å². The van der Waals surface area contributed by atoms with E-state index in [1.54, 1.807) is 4.90 Å². The van der Waals surface area contributed by atoms with Crippen molar-refractivity contribution in [2.45, 2.75) is 12.8 Å². The largest absolute Gasteiger partial charge is 0.480 e. The highest BCUT2D eigenvalue weighted by Gasteiger charge is 2.21. The molecule has 0 atom stereocenters. The van der Waals surface area contributed by atoms with Gasteiger partial charge in [0.1, 0.15) is 6.54 Å². The number of hydrogen-bond donors (Lipinski definition) is 1. The second kappa shape index (κ2) is 4.08. The van der Waals surface area contributed by atoms with Crippen molar-refractivity contribution in [3.63, 3.8) is 0 Å². The minimum absolute atomic E-state index is 0.182. The summed E-state index contributed by atoms with van der Waals surface area (Å²) in [7, 11) is 0. The van der Waals surface area contributed by atoms with E-state index in [1.807, 2.05) is 0 Å². The van der Waals surface area contributed by atoms with Crippen LogP contribution in [0.2, 0.25) is 0 Å². The molecule has 1 aromatic carbocycles. The highest BCUT2D eigenvalue weighted by molar-refractivity contribution is 5.74. The Balaban J connectivity index is 2.37. The fourth-order valence-electron chi connectivity index (χ4n) is 1.98. The van der Waals surface area contributed by atoms with Gasteiger partial charge in [-0.1, -0.05) is 0 Å². The summed E-state index contributed by atoms with van der Waals surface area (Å²) in [5.74, 6) is -2.79. The van der Waals surface area contributed by atoms with E-state index in [-0.39, 0.29) is 6.54 Å². The van der Waals surface area contributed by atoms with Gasteiger partial charge in [-0.05, 0) is 24.5 Å². The van der Waals surface area contributed by atoms with Crippen molar-refractivity contribution < 1.29 is 18.7 Å². The van der Waals surface area contributed by atoms with Gasteiger partial charge in [0.25, 0.3) is 0 Å². The summed E-state index contributed by atoms with van der Waals surface area (Å²) in [6.45, 7) is 0.377. The molecule has 0 radical (unpaired) electrons. The lowest BCUT2D eigenvalue weighted by molar-refractivity contribution is -0.135. The molecule has 0 unspecified atom stereocenters. The number of aliphatic carboxylic acids is 1. The lowest BCUT2D eigenvalue weighted by atomic mass is 10.0. The van der Waals surface area contributed by atoms with Crippen LogP contribution in [0.1, 0.15) is 12.0 Å². The fourth-order valence-corrected chi connectivity index (χ4v) is 1.98. The molecule has 1 aromatic rings. The Morgan fingerprint density at radius 2 is 2.06 bits per heavy atom. The quantitative estimate of drug-likeness (QED) is 0.837. The van der Waals surface area contributed by atoms with Crippen LogP contribution in [0.25, 0.3) is 0 Å². The summed E-state index contributed by atoms with van der Waals surface area (Å²) >= 11 is 0. The van der Waals surface area contributed by atoms with Crippen LogP contribution in [-0.2, 0) is 11.2 Å². The van der Waals surface area contributed by atoms with Crippen LogP contribution in [0.15, 0.2) is 12.1 Å². The summed E-state index contributed by atoms with van der Waals surface area (Å²) in [5, 5.41) is 8.71. The molecule has 1 N–H and O–H groups in total. The maximum absolute atomic E-state index is 13.1. The first-order valence-corrected chi connectivity index (χ1v) is 5.02. The molecule has 0 aromatic heterocycles. The van der Waals surface area contributed by atoms with Gasteiger partial charge < -0.3 is 10.0 Å². The summed E-state index contributed by atoms with van der Waals surface area (Å²) in [6.07, 6.45) is 1.41. The van der Waals surface area contributed by atoms with E-state index in [4.69, 9.17) is 5.11 Å². The van der Waals surface area contributed by atoms with Gasteiger partial charge in [0.05, 0.1) is 0 Å². The monoisotopic (exact) mass is 227 g/mol. The zero-order chi connectivity index (χ0) is 11.7. The summed E-state index contributed by atoms with van der Waals surface area (Å²) in [6, 6.07) is 2.23. The first-order valence-electron chi connectivity index (χ1n) is 5.02. The summed E-state index contributed by atoms with van der Waals surface area (Å²) in [5.41, 5.74) is 1.17. The number of hydrogen-bond acceptors (Lipinski definition) is 2. The Bertz CT molecular complexity index is 434. The second-order valence-corrected chi connectivity index (χ2v) is 3.81. The van der Waals surface area contributed by atoms with E-state index >= 15 is 0 Å². The molecule has 0 fully saturated rings. The van der Waals surface area contributed by atoms with Gasteiger partial charge in [-0.15, -0.1) is 0 Å². The lowest BCUT2D eigenvalue weighted by Crippen LogP contribution is -2.34. The predicted octanol–water partition coefficient (Wildman–Crippen LogP) is 1.80. The van der Waals surface area contributed by atoms with E-state index in [0.29, 0.717) is 24.2 Å². The molecule has 0 bridgehead atoms. The minimum atomic E-state index is -0.974. The maximum Gasteiger partial charge on any atom is 0.323 e. The van der Waals surface area contributed by atoms with Gasteiger partial charge in [0.2, 0.25) is 0 Å². The molecule has 0 saturated carbocycles. The third-order valence-corrected chi connectivity index (χ3v) is 2.66. The van der Waals surface area contributed by atoms with Gasteiger partial charge in [0, 0.05) is 18.3 Å². The van der Waals surface area contributed by atoms with Gasteiger partial charge in [0.15, 0.2) is 11.6 Å². The Morgan fingerprint density at radius 1 is 1.38 bits per heavy atom. The smallest absolute Gasteiger partial charge is 0.323 e. The molecule has 86 valence electrons. The zero-order valence-electron chi connectivity index (χ0n) is 8.54. The molecular weight excluding hydrogens is 216 g/mol. The van der Waals surface area contributed by atoms with Gasteiger partial charge in [-0.3, -0.25) is 4.79 Å². The van der Waals surface area contributed by atoms with Crippen LogP contribution in [0.4, 0.5) is 14.5 Å². The molecule has 0 saturated heterocycles. The number of carboxylic acids is 1. The van der Waals surface area contributed by atoms with Crippen LogP contribution in [0.5, 0.6) is 0 Å². The van der Waals surface area contributed by atoms with Crippen molar-refractivity contribution in [3.05, 3.63) is 29.3 Å². The molecule has 1 heterocycles. The highest BCUT2D eigenvalue weighted by Crippen LogP contribution is 2.28. The molecule has 5 heteroatoms. The van der Waals surface area contributed by atoms with Crippen LogP contribution in [0, 0.1) is 11.6 Å². The Kier molecular flexibility index (Phi) is 2.77. The average molecular weight is 227 g/mol. The normalized spacial score (nSPS) is 14.8. The van der Waals surface area contributed by atoms with E-state index in [9.17, 15) is 13.6 Å². The minimum Gasteiger partial charge on any atom is -0.480 e. The highest BCUT2D eigenvalue weighted by atomic mass is 19.2. The Hall–Kier alpha value is -1.65. The molecule has 2 rings (SSSR count). The standard InChI is InChI=1S/C11H11F2NO2/c12-8-4-7-2-1-3-14(6-11(15)16)10(7)5-9(8)13/h4-5H,1-3,6H2,(H,15,16). The average Bonchev–Trinajstić information content (AvgIpc) is 2.20. The van der Waals surface area contributed by atoms with Crippen molar-refractivity contribution in [1.82, 2.24) is 0 Å². The van der Waals surface area contributed by atoms with Crippen molar-refractivity contribution in [2.75, 3.05) is 18.0 Å². The summed E-state index contributed by atoms with van der Waals surface area (Å²) in [4.78, 5) is 12.2. The lowest BCUT2D eigenvalue weighted by Gasteiger charge is -2.29. The number of nitrogens with zero attached hydrogens (tertiary/aromatic N) is 1. The van der Waals surface area contributed by atoms with Gasteiger partial charge >= 0.3 is 5.97 Å². The zero-order valence-corrected chi connectivity index (χ0v) is 8.54. The Morgan fingerprint density at radius 3 is 2.75 bits per heavy atom. The number of halogens is 2. The van der Waals surface area contributed by atoms with Crippen LogP contribution in [0.3, 0.4) is 0 Å². The third kappa shape index (κ3) is 1.98. The van der Waals surface area contributed by atoms with E-state index in [0.717, 1.165) is 18.6 Å². The molecule has 0 spiro atoms. The molecule has 1 aliphatic rings. The number of rotatable bonds is 2. The maximum atomic E-state index is 13.1. The van der Waals surface area contributed by atoms with Gasteiger partial charge in [-0.2, -0.15) is 0 Å². The first-order chi connectivity index (χ1) is 7.58. The van der Waals surface area contributed by atoms with Crippen molar-refractivity contribution in [1.29, 1.82) is 0 Å². The number of carbonyl (C=O) groups is 1. The van der Waals surface area contributed by atoms with E-state index < -0.39 is 17.6 Å². The van der Waals surface area contributed by atoms with Crippen LogP contribution < -0.4 is 4.90 Å². The summed E-state index contributed by atoms with van der Waals surface area (Å²) < 4.78 is 26.1. The van der Waals surface area contributed by atoms with E-state index in [1.165, 1.54) is 0 Å². The number of benzene rings is 1. The molecule has 0 amide bonds. The first kappa shape index (κ1) is 10.9. The van der Waals surface area contributed by atoms with E-state index in [2.05, 4.69) is 0 Å². The Labute approximate surface area is 91.3 Å². The molecule has 0 aliphatic carbocycles. The van der Waals surface area contributed by atoms with Crippen molar-refractivity contribution >= 4 is 11.7 Å². The van der Waals surface area contributed by atoms with Crippen LogP contribution >= 0.6 is 0 Å². The molecule has 16 heavy (non-hydrogen) atoms. The molecular formula is C11H11F2NO2. The fraction of sp³-hybridized carbons (Fsp3) is 0.364. The van der Waals surface area contributed by atoms with Gasteiger partial charge in [-0.25, -0.2) is 8.78 Å². The van der Waals surface area contributed by atoms with Crippen LogP contribution in [-0.4, -0.2) is 24.2 Å².